The number of rotatable bonds is 27. The summed E-state index contributed by atoms with van der Waals surface area (Å²) in [5, 5.41) is 0. The molecule has 0 atom stereocenters. The Bertz CT molecular complexity index is 385. The van der Waals surface area contributed by atoms with Gasteiger partial charge in [-0.25, -0.2) is 0 Å². The normalized spacial score (nSPS) is 11.4. The topological polar surface area (TPSA) is 29.5 Å². The molecule has 3 heteroatoms. The van der Waals surface area contributed by atoms with Gasteiger partial charge >= 0.3 is 5.97 Å². The van der Waals surface area contributed by atoms with Gasteiger partial charge in [0.1, 0.15) is 0 Å². The van der Waals surface area contributed by atoms with Gasteiger partial charge in [0, 0.05) is 6.92 Å². The minimum Gasteiger partial charge on any atom is -0.466 e. The number of ether oxygens (including phenoxy) is 1. The lowest BCUT2D eigenvalue weighted by Crippen LogP contribution is -2.27. The van der Waals surface area contributed by atoms with E-state index in [-0.39, 0.29) is 5.97 Å². The number of unbranched alkanes of at least 4 members (excludes halogenated alkanes) is 19. The van der Waals surface area contributed by atoms with Crippen LogP contribution < -0.4 is 0 Å². The van der Waals surface area contributed by atoms with Crippen molar-refractivity contribution in [2.45, 2.75) is 162 Å². The molecule has 0 aromatic heterocycles. The fourth-order valence-electron chi connectivity index (χ4n) is 4.61. The first-order valence-electron chi connectivity index (χ1n) is 15.1. The van der Waals surface area contributed by atoms with Crippen molar-refractivity contribution in [1.82, 2.24) is 4.90 Å². The third-order valence-electron chi connectivity index (χ3n) is 6.83. The SMILES string of the molecule is CCCCCCCCCCCCCCCCCCN(CCCC)CCCCCCOC(C)=O. The van der Waals surface area contributed by atoms with E-state index >= 15 is 0 Å². The van der Waals surface area contributed by atoms with Crippen LogP contribution in [0.1, 0.15) is 162 Å². The third-order valence-corrected chi connectivity index (χ3v) is 6.83. The van der Waals surface area contributed by atoms with E-state index in [9.17, 15) is 4.79 Å². The third kappa shape index (κ3) is 27.6. The van der Waals surface area contributed by atoms with Gasteiger partial charge in [0.15, 0.2) is 0 Å². The molecule has 0 saturated heterocycles. The number of hydrogen-bond donors (Lipinski definition) is 0. The number of hydrogen-bond acceptors (Lipinski definition) is 3. The van der Waals surface area contributed by atoms with Gasteiger partial charge in [-0.3, -0.25) is 4.79 Å². The summed E-state index contributed by atoms with van der Waals surface area (Å²) in [6, 6.07) is 0. The fourth-order valence-corrected chi connectivity index (χ4v) is 4.61. The van der Waals surface area contributed by atoms with Crippen molar-refractivity contribution in [3.63, 3.8) is 0 Å². The zero-order chi connectivity index (χ0) is 24.2. The second kappa shape index (κ2) is 27.7. The van der Waals surface area contributed by atoms with Crippen molar-refractivity contribution in [2.75, 3.05) is 26.2 Å². The molecule has 0 heterocycles. The molecule has 0 unspecified atom stereocenters. The minimum absolute atomic E-state index is 0.153. The molecule has 198 valence electrons. The number of carbonyl (C=O) groups is 1. The Kier molecular flexibility index (Phi) is 27.2. The fraction of sp³-hybridized carbons (Fsp3) is 0.967. The molecule has 0 spiro atoms. The molecule has 0 saturated carbocycles. The van der Waals surface area contributed by atoms with Gasteiger partial charge < -0.3 is 9.64 Å². The Labute approximate surface area is 208 Å². The highest BCUT2D eigenvalue weighted by Gasteiger charge is 2.04. The lowest BCUT2D eigenvalue weighted by molar-refractivity contribution is -0.141. The molecule has 0 rings (SSSR count). The Morgan fingerprint density at radius 1 is 0.485 bits per heavy atom. The van der Waals surface area contributed by atoms with E-state index in [0.29, 0.717) is 6.61 Å². The van der Waals surface area contributed by atoms with Crippen molar-refractivity contribution < 1.29 is 9.53 Å². The summed E-state index contributed by atoms with van der Waals surface area (Å²) in [4.78, 5) is 13.5. The smallest absolute Gasteiger partial charge is 0.302 e. The predicted octanol–water partition coefficient (Wildman–Crippen LogP) is 9.47. The standard InChI is InChI=1S/C30H61NO2/c1-4-6-8-9-10-11-12-13-14-15-16-17-18-19-20-23-27-31(26-7-5-2)28-24-21-22-25-29-33-30(3)32/h4-29H2,1-3H3. The van der Waals surface area contributed by atoms with Crippen LogP contribution in [0, 0.1) is 0 Å². The van der Waals surface area contributed by atoms with Gasteiger partial charge in [-0.2, -0.15) is 0 Å². The van der Waals surface area contributed by atoms with Crippen molar-refractivity contribution in [3.05, 3.63) is 0 Å². The maximum Gasteiger partial charge on any atom is 0.302 e. The van der Waals surface area contributed by atoms with Crippen LogP contribution in [0.2, 0.25) is 0 Å². The molecule has 0 aliphatic heterocycles. The Balaban J connectivity index is 3.46. The first kappa shape index (κ1) is 32.4. The molecule has 0 bridgehead atoms. The molecule has 0 amide bonds. The van der Waals surface area contributed by atoms with Gasteiger partial charge in [-0.05, 0) is 45.3 Å². The number of nitrogens with zero attached hydrogens (tertiary/aromatic N) is 1. The van der Waals surface area contributed by atoms with Crippen LogP contribution in [0.5, 0.6) is 0 Å². The first-order valence-corrected chi connectivity index (χ1v) is 15.1. The maximum atomic E-state index is 10.8. The lowest BCUT2D eigenvalue weighted by atomic mass is 10.0. The molecule has 0 aromatic rings. The van der Waals surface area contributed by atoms with Crippen molar-refractivity contribution in [2.24, 2.45) is 0 Å². The molecular weight excluding hydrogens is 406 g/mol. The van der Waals surface area contributed by atoms with E-state index < -0.39 is 0 Å². The molecule has 0 fully saturated rings. The van der Waals surface area contributed by atoms with Crippen LogP contribution in [-0.2, 0) is 9.53 Å². The van der Waals surface area contributed by atoms with E-state index in [0.717, 1.165) is 6.42 Å². The largest absolute Gasteiger partial charge is 0.466 e. The van der Waals surface area contributed by atoms with Crippen LogP contribution >= 0.6 is 0 Å². The van der Waals surface area contributed by atoms with Crippen LogP contribution in [0.25, 0.3) is 0 Å². The average molecular weight is 468 g/mol. The first-order chi connectivity index (χ1) is 16.2. The highest BCUT2D eigenvalue weighted by molar-refractivity contribution is 5.65. The van der Waals surface area contributed by atoms with Crippen molar-refractivity contribution >= 4 is 5.97 Å². The molecular formula is C30H61NO2. The molecule has 33 heavy (non-hydrogen) atoms. The summed E-state index contributed by atoms with van der Waals surface area (Å²) in [5.41, 5.74) is 0. The van der Waals surface area contributed by atoms with E-state index in [2.05, 4.69) is 18.7 Å². The zero-order valence-corrected chi connectivity index (χ0v) is 23.1. The summed E-state index contributed by atoms with van der Waals surface area (Å²) in [5.74, 6) is -0.153. The van der Waals surface area contributed by atoms with E-state index in [4.69, 9.17) is 4.74 Å². The van der Waals surface area contributed by atoms with E-state index in [1.54, 1.807) is 0 Å². The van der Waals surface area contributed by atoms with Crippen molar-refractivity contribution in [3.8, 4) is 0 Å². The molecule has 0 radical (unpaired) electrons. The monoisotopic (exact) mass is 467 g/mol. The van der Waals surface area contributed by atoms with Crippen molar-refractivity contribution in [1.29, 1.82) is 0 Å². The quantitative estimate of drug-likeness (QED) is 0.0889. The summed E-state index contributed by atoms with van der Waals surface area (Å²) in [7, 11) is 0. The second-order valence-corrected chi connectivity index (χ2v) is 10.3. The van der Waals surface area contributed by atoms with Crippen LogP contribution in [0.15, 0.2) is 0 Å². The molecule has 0 N–H and O–H groups in total. The second-order valence-electron chi connectivity index (χ2n) is 10.3. The molecule has 0 aromatic carbocycles. The van der Waals surface area contributed by atoms with Gasteiger partial charge in [-0.1, -0.05) is 129 Å². The van der Waals surface area contributed by atoms with E-state index in [1.807, 2.05) is 0 Å². The Morgan fingerprint density at radius 3 is 1.21 bits per heavy atom. The zero-order valence-electron chi connectivity index (χ0n) is 23.1. The highest BCUT2D eigenvalue weighted by Crippen LogP contribution is 2.14. The molecule has 0 aliphatic carbocycles. The Morgan fingerprint density at radius 2 is 0.818 bits per heavy atom. The van der Waals surface area contributed by atoms with Gasteiger partial charge in [0.2, 0.25) is 0 Å². The summed E-state index contributed by atoms with van der Waals surface area (Å²) >= 11 is 0. The van der Waals surface area contributed by atoms with Crippen LogP contribution in [0.4, 0.5) is 0 Å². The predicted molar refractivity (Wildman–Crippen MR) is 146 cm³/mol. The number of carbonyl (C=O) groups excluding carboxylic acids is 1. The number of esters is 1. The minimum atomic E-state index is -0.153. The van der Waals surface area contributed by atoms with Gasteiger partial charge in [0.05, 0.1) is 6.61 Å². The van der Waals surface area contributed by atoms with Crippen LogP contribution in [-0.4, -0.2) is 37.1 Å². The Hall–Kier alpha value is -0.570. The van der Waals surface area contributed by atoms with Gasteiger partial charge in [-0.15, -0.1) is 0 Å². The average Bonchev–Trinajstić information content (AvgIpc) is 2.80. The maximum absolute atomic E-state index is 10.8. The summed E-state index contributed by atoms with van der Waals surface area (Å²) in [6.45, 7) is 10.5. The summed E-state index contributed by atoms with van der Waals surface area (Å²) < 4.78 is 5.01. The summed E-state index contributed by atoms with van der Waals surface area (Å²) in [6.07, 6.45) is 30.4. The highest BCUT2D eigenvalue weighted by atomic mass is 16.5. The van der Waals surface area contributed by atoms with Crippen LogP contribution in [0.3, 0.4) is 0 Å². The van der Waals surface area contributed by atoms with Gasteiger partial charge in [0.25, 0.3) is 0 Å². The molecule has 3 nitrogen and oxygen atoms in total. The molecule has 0 aliphatic rings. The van der Waals surface area contributed by atoms with E-state index in [1.165, 1.54) is 161 Å². The lowest BCUT2D eigenvalue weighted by Gasteiger charge is -2.22.